The molecule has 0 heterocycles. The summed E-state index contributed by atoms with van der Waals surface area (Å²) in [6, 6.07) is 0. The van der Waals surface area contributed by atoms with Crippen molar-refractivity contribution in [3.05, 3.63) is 23.3 Å². The van der Waals surface area contributed by atoms with Crippen molar-refractivity contribution in [2.75, 3.05) is 0 Å². The van der Waals surface area contributed by atoms with Crippen molar-refractivity contribution in [2.45, 2.75) is 33.6 Å². The van der Waals surface area contributed by atoms with E-state index < -0.39 is 0 Å². The summed E-state index contributed by atoms with van der Waals surface area (Å²) in [6.07, 6.45) is 7.07. The van der Waals surface area contributed by atoms with Crippen LogP contribution in [0.3, 0.4) is 0 Å². The minimum Gasteiger partial charge on any atom is -0.0842 e. The molecule has 0 aromatic carbocycles. The van der Waals surface area contributed by atoms with Crippen LogP contribution in [0.1, 0.15) is 33.6 Å². The van der Waals surface area contributed by atoms with Crippen LogP contribution in [0.25, 0.3) is 0 Å². The molecule has 0 spiro atoms. The fraction of sp³-hybridized carbons (Fsp3) is 0.600. The zero-order valence-corrected chi connectivity index (χ0v) is 7.15. The quantitative estimate of drug-likeness (QED) is 0.479. The minimum absolute atomic E-state index is 0.873. The van der Waals surface area contributed by atoms with E-state index in [1.807, 2.05) is 0 Å². The summed E-state index contributed by atoms with van der Waals surface area (Å²) in [5.41, 5.74) is 3.13. The number of hydrogen-bond acceptors (Lipinski definition) is 0. The van der Waals surface area contributed by atoms with Gasteiger partial charge in [0.15, 0.2) is 0 Å². The van der Waals surface area contributed by atoms with Gasteiger partial charge in [0, 0.05) is 0 Å². The van der Waals surface area contributed by atoms with Crippen molar-refractivity contribution in [1.82, 2.24) is 0 Å². The van der Waals surface area contributed by atoms with Crippen LogP contribution in [0.5, 0.6) is 0 Å². The molecule has 0 nitrogen and oxygen atoms in total. The molecule has 0 radical (unpaired) electrons. The van der Waals surface area contributed by atoms with Crippen LogP contribution in [0.4, 0.5) is 0 Å². The predicted molar refractivity (Wildman–Crippen MR) is 45.9 cm³/mol. The van der Waals surface area contributed by atoms with Crippen LogP contribution in [-0.4, -0.2) is 0 Å². The van der Waals surface area contributed by atoms with Crippen molar-refractivity contribution >= 4 is 0 Å². The lowest BCUT2D eigenvalue weighted by atomic mass is 10.1. The van der Waals surface area contributed by atoms with Crippen LogP contribution in [-0.2, 0) is 0 Å². The van der Waals surface area contributed by atoms with Crippen LogP contribution < -0.4 is 0 Å². The van der Waals surface area contributed by atoms with Crippen LogP contribution >= 0.6 is 0 Å². The average molecular weight is 136 g/mol. The van der Waals surface area contributed by atoms with Gasteiger partial charge in [-0.05, 0) is 43.8 Å². The Morgan fingerprint density at radius 1 is 1.10 bits per heavy atom. The standard InChI is InChI=1S/C10H16/c1-4-9-6-8(3)7-10(9)5-2/h4-5,8H,6-7H2,1-3H3/b9-4-,10-5-. The minimum atomic E-state index is 0.873. The third-order valence-electron chi connectivity index (χ3n) is 2.25. The first-order valence-electron chi connectivity index (χ1n) is 4.08. The molecule has 0 unspecified atom stereocenters. The van der Waals surface area contributed by atoms with Gasteiger partial charge in [0.2, 0.25) is 0 Å². The molecule has 0 atom stereocenters. The highest BCUT2D eigenvalue weighted by Gasteiger charge is 2.18. The molecule has 0 aromatic rings. The van der Waals surface area contributed by atoms with Crippen LogP contribution in [0.15, 0.2) is 23.3 Å². The summed E-state index contributed by atoms with van der Waals surface area (Å²) in [6.45, 7) is 6.59. The summed E-state index contributed by atoms with van der Waals surface area (Å²) >= 11 is 0. The van der Waals surface area contributed by atoms with E-state index >= 15 is 0 Å². The van der Waals surface area contributed by atoms with Gasteiger partial charge in [0.1, 0.15) is 0 Å². The topological polar surface area (TPSA) is 0 Å². The summed E-state index contributed by atoms with van der Waals surface area (Å²) in [4.78, 5) is 0. The van der Waals surface area contributed by atoms with Gasteiger partial charge in [-0.2, -0.15) is 0 Å². The van der Waals surface area contributed by atoms with Crippen molar-refractivity contribution in [3.63, 3.8) is 0 Å². The highest BCUT2D eigenvalue weighted by molar-refractivity contribution is 5.34. The van der Waals surface area contributed by atoms with E-state index in [1.54, 1.807) is 11.1 Å². The third kappa shape index (κ3) is 1.31. The highest BCUT2D eigenvalue weighted by Crippen LogP contribution is 2.34. The Kier molecular flexibility index (Phi) is 2.31. The van der Waals surface area contributed by atoms with E-state index in [4.69, 9.17) is 0 Å². The third-order valence-corrected chi connectivity index (χ3v) is 2.25. The Labute approximate surface area is 63.6 Å². The maximum Gasteiger partial charge on any atom is -0.0250 e. The fourth-order valence-electron chi connectivity index (χ4n) is 1.69. The Hall–Kier alpha value is -0.520. The van der Waals surface area contributed by atoms with Gasteiger partial charge in [-0.25, -0.2) is 0 Å². The van der Waals surface area contributed by atoms with E-state index in [0.717, 1.165) is 5.92 Å². The SMILES string of the molecule is C/C=C1/CC(C)C/C1=C/C. The summed E-state index contributed by atoms with van der Waals surface area (Å²) in [5, 5.41) is 0. The maximum atomic E-state index is 2.32. The lowest BCUT2D eigenvalue weighted by Gasteiger charge is -1.94. The second-order valence-electron chi connectivity index (χ2n) is 3.14. The first-order chi connectivity index (χ1) is 4.77. The largest absolute Gasteiger partial charge is 0.0842 e. The van der Waals surface area contributed by atoms with Gasteiger partial charge < -0.3 is 0 Å². The fourth-order valence-corrected chi connectivity index (χ4v) is 1.69. The van der Waals surface area contributed by atoms with Crippen LogP contribution in [0.2, 0.25) is 0 Å². The van der Waals surface area contributed by atoms with Gasteiger partial charge in [-0.1, -0.05) is 19.1 Å². The van der Waals surface area contributed by atoms with E-state index in [9.17, 15) is 0 Å². The molecule has 0 aliphatic heterocycles. The van der Waals surface area contributed by atoms with E-state index in [-0.39, 0.29) is 0 Å². The van der Waals surface area contributed by atoms with Gasteiger partial charge in [0.25, 0.3) is 0 Å². The van der Waals surface area contributed by atoms with Crippen molar-refractivity contribution in [1.29, 1.82) is 0 Å². The molecule has 0 amide bonds. The molecular formula is C10H16. The molecule has 56 valence electrons. The summed E-state index contributed by atoms with van der Waals surface area (Å²) in [5.74, 6) is 0.873. The number of hydrogen-bond donors (Lipinski definition) is 0. The monoisotopic (exact) mass is 136 g/mol. The van der Waals surface area contributed by atoms with E-state index in [1.165, 1.54) is 12.8 Å². The average Bonchev–Trinajstić information content (AvgIpc) is 2.30. The smallest absolute Gasteiger partial charge is 0.0250 e. The highest BCUT2D eigenvalue weighted by atomic mass is 14.2. The molecule has 1 rings (SSSR count). The molecule has 1 fully saturated rings. The second-order valence-corrected chi connectivity index (χ2v) is 3.14. The first kappa shape index (κ1) is 7.59. The Morgan fingerprint density at radius 3 is 1.80 bits per heavy atom. The lowest BCUT2D eigenvalue weighted by Crippen LogP contribution is -1.80. The van der Waals surface area contributed by atoms with E-state index in [2.05, 4.69) is 32.9 Å². The summed E-state index contributed by atoms with van der Waals surface area (Å²) in [7, 11) is 0. The first-order valence-corrected chi connectivity index (χ1v) is 4.08. The Morgan fingerprint density at radius 2 is 1.50 bits per heavy atom. The van der Waals surface area contributed by atoms with Crippen molar-refractivity contribution < 1.29 is 0 Å². The molecule has 1 aliphatic rings. The van der Waals surface area contributed by atoms with Gasteiger partial charge >= 0.3 is 0 Å². The number of allylic oxidation sites excluding steroid dienone is 4. The maximum absolute atomic E-state index is 2.32. The van der Waals surface area contributed by atoms with Crippen molar-refractivity contribution in [3.8, 4) is 0 Å². The predicted octanol–water partition coefficient (Wildman–Crippen LogP) is 3.31. The molecule has 0 N–H and O–H groups in total. The molecule has 0 aromatic heterocycles. The zero-order valence-electron chi connectivity index (χ0n) is 7.15. The molecule has 0 bridgehead atoms. The van der Waals surface area contributed by atoms with E-state index in [0.29, 0.717) is 0 Å². The molecule has 10 heavy (non-hydrogen) atoms. The van der Waals surface area contributed by atoms with Gasteiger partial charge in [-0.3, -0.25) is 0 Å². The van der Waals surface area contributed by atoms with Gasteiger partial charge in [-0.15, -0.1) is 0 Å². The Balaban J connectivity index is 2.77. The molecule has 0 saturated heterocycles. The van der Waals surface area contributed by atoms with Crippen molar-refractivity contribution in [2.24, 2.45) is 5.92 Å². The van der Waals surface area contributed by atoms with Crippen LogP contribution in [0, 0.1) is 5.92 Å². The van der Waals surface area contributed by atoms with Gasteiger partial charge in [0.05, 0.1) is 0 Å². The molecule has 1 saturated carbocycles. The number of rotatable bonds is 0. The second kappa shape index (κ2) is 3.05. The normalized spacial score (nSPS) is 28.7. The molecule has 1 aliphatic carbocycles. The molecular weight excluding hydrogens is 120 g/mol. The zero-order chi connectivity index (χ0) is 7.56. The lowest BCUT2D eigenvalue weighted by molar-refractivity contribution is 0.640. The molecule has 0 heteroatoms. The Bertz CT molecular complexity index is 152. The summed E-state index contributed by atoms with van der Waals surface area (Å²) < 4.78 is 0.